The number of methoxy groups -OCH3 is 1. The van der Waals surface area contributed by atoms with E-state index in [4.69, 9.17) is 15.9 Å². The van der Waals surface area contributed by atoms with E-state index in [9.17, 15) is 0 Å². The fourth-order valence-electron chi connectivity index (χ4n) is 1.75. The van der Waals surface area contributed by atoms with Crippen LogP contribution in [0.1, 0.15) is 32.0 Å². The molecule has 1 heterocycles. The number of nitrogens with one attached hydrogen (secondary N) is 1. The zero-order chi connectivity index (χ0) is 14.3. The molecule has 1 rings (SSSR count). The molecule has 6 heteroatoms. The third-order valence-electron chi connectivity index (χ3n) is 2.89. The van der Waals surface area contributed by atoms with E-state index >= 15 is 0 Å². The second-order valence-corrected chi connectivity index (χ2v) is 4.93. The SMILES string of the molecule is COCCN(CCC(=N)N)Cc1ccn(C(C)C)n1. The number of rotatable bonds is 9. The Kier molecular flexibility index (Phi) is 6.52. The van der Waals surface area contributed by atoms with Crippen LogP contribution in [0.4, 0.5) is 0 Å². The number of nitrogens with two attached hydrogens (primary N) is 1. The van der Waals surface area contributed by atoms with Crippen molar-refractivity contribution in [3.05, 3.63) is 18.0 Å². The fourth-order valence-corrected chi connectivity index (χ4v) is 1.75. The number of nitrogens with zero attached hydrogens (tertiary/aromatic N) is 3. The smallest absolute Gasteiger partial charge is 0.0918 e. The van der Waals surface area contributed by atoms with Crippen LogP contribution in [-0.2, 0) is 11.3 Å². The number of ether oxygens (including phenoxy) is 1. The maximum Gasteiger partial charge on any atom is 0.0918 e. The largest absolute Gasteiger partial charge is 0.388 e. The molecule has 0 unspecified atom stereocenters. The Bertz CT molecular complexity index is 388. The second-order valence-electron chi connectivity index (χ2n) is 4.93. The number of hydrogen-bond acceptors (Lipinski definition) is 4. The lowest BCUT2D eigenvalue weighted by atomic mass is 10.3. The number of amidine groups is 1. The van der Waals surface area contributed by atoms with Crippen LogP contribution in [0, 0.1) is 5.41 Å². The van der Waals surface area contributed by atoms with Crippen LogP contribution < -0.4 is 5.73 Å². The molecule has 0 aliphatic carbocycles. The summed E-state index contributed by atoms with van der Waals surface area (Å²) in [7, 11) is 1.69. The van der Waals surface area contributed by atoms with Gasteiger partial charge in [-0.1, -0.05) is 0 Å². The Balaban J connectivity index is 2.55. The zero-order valence-electron chi connectivity index (χ0n) is 12.1. The van der Waals surface area contributed by atoms with Crippen molar-refractivity contribution < 1.29 is 4.74 Å². The van der Waals surface area contributed by atoms with Gasteiger partial charge in [0.05, 0.1) is 18.1 Å². The van der Waals surface area contributed by atoms with Crippen LogP contribution >= 0.6 is 0 Å². The molecular weight excluding hydrogens is 242 g/mol. The molecule has 108 valence electrons. The van der Waals surface area contributed by atoms with Crippen LogP contribution in [-0.4, -0.2) is 47.3 Å². The average Bonchev–Trinajstić information content (AvgIpc) is 2.81. The Morgan fingerprint density at radius 2 is 2.26 bits per heavy atom. The molecule has 0 bridgehead atoms. The maximum atomic E-state index is 7.30. The Labute approximate surface area is 115 Å². The van der Waals surface area contributed by atoms with Crippen molar-refractivity contribution in [2.45, 2.75) is 32.9 Å². The summed E-state index contributed by atoms with van der Waals surface area (Å²) in [5.74, 6) is 0.218. The first-order chi connectivity index (χ1) is 9.02. The zero-order valence-corrected chi connectivity index (χ0v) is 12.1. The lowest BCUT2D eigenvalue weighted by molar-refractivity contribution is 0.145. The molecule has 0 atom stereocenters. The standard InChI is InChI=1S/C13H25N5O/c1-11(2)18-7-4-12(16-18)10-17(8-9-19-3)6-5-13(14)15/h4,7,11H,5-6,8-10H2,1-3H3,(H3,14,15). The molecule has 0 radical (unpaired) electrons. The molecule has 6 nitrogen and oxygen atoms in total. The first-order valence-corrected chi connectivity index (χ1v) is 6.61. The second kappa shape index (κ2) is 7.91. The highest BCUT2D eigenvalue weighted by atomic mass is 16.5. The minimum absolute atomic E-state index is 0.218. The monoisotopic (exact) mass is 267 g/mol. The fraction of sp³-hybridized carbons (Fsp3) is 0.692. The molecule has 0 saturated heterocycles. The first kappa shape index (κ1) is 15.7. The van der Waals surface area contributed by atoms with E-state index < -0.39 is 0 Å². The third-order valence-corrected chi connectivity index (χ3v) is 2.89. The van der Waals surface area contributed by atoms with Crippen molar-refractivity contribution in [2.75, 3.05) is 26.8 Å². The minimum Gasteiger partial charge on any atom is -0.388 e. The molecule has 0 spiro atoms. The summed E-state index contributed by atoms with van der Waals surface area (Å²) in [4.78, 5) is 2.21. The summed E-state index contributed by atoms with van der Waals surface area (Å²) in [6.45, 7) is 7.22. The van der Waals surface area contributed by atoms with Gasteiger partial charge in [0.15, 0.2) is 0 Å². The predicted octanol–water partition coefficient (Wildman–Crippen LogP) is 1.24. The Morgan fingerprint density at radius 3 is 2.79 bits per heavy atom. The van der Waals surface area contributed by atoms with Gasteiger partial charge in [0.1, 0.15) is 0 Å². The van der Waals surface area contributed by atoms with Gasteiger partial charge in [-0.25, -0.2) is 0 Å². The lowest BCUT2D eigenvalue weighted by Gasteiger charge is -2.20. The highest BCUT2D eigenvalue weighted by Crippen LogP contribution is 2.07. The molecule has 0 aromatic carbocycles. The summed E-state index contributed by atoms with van der Waals surface area (Å²) >= 11 is 0. The average molecular weight is 267 g/mol. The third kappa shape index (κ3) is 5.85. The van der Waals surface area contributed by atoms with E-state index in [2.05, 4.69) is 23.8 Å². The Morgan fingerprint density at radius 1 is 1.53 bits per heavy atom. The topological polar surface area (TPSA) is 80.2 Å². The summed E-state index contributed by atoms with van der Waals surface area (Å²) in [5, 5.41) is 11.8. The maximum absolute atomic E-state index is 7.30. The van der Waals surface area contributed by atoms with Gasteiger partial charge >= 0.3 is 0 Å². The van der Waals surface area contributed by atoms with E-state index in [1.165, 1.54) is 0 Å². The van der Waals surface area contributed by atoms with Gasteiger partial charge in [-0.15, -0.1) is 0 Å². The Hall–Kier alpha value is -1.40. The number of aromatic nitrogens is 2. The van der Waals surface area contributed by atoms with Crippen molar-refractivity contribution in [1.29, 1.82) is 5.41 Å². The number of hydrogen-bond donors (Lipinski definition) is 2. The van der Waals surface area contributed by atoms with Gasteiger partial charge in [0, 0.05) is 45.4 Å². The lowest BCUT2D eigenvalue weighted by Crippen LogP contribution is -2.30. The van der Waals surface area contributed by atoms with Crippen LogP contribution in [0.3, 0.4) is 0 Å². The summed E-state index contributed by atoms with van der Waals surface area (Å²) < 4.78 is 7.06. The molecule has 19 heavy (non-hydrogen) atoms. The van der Waals surface area contributed by atoms with E-state index in [-0.39, 0.29) is 5.84 Å². The van der Waals surface area contributed by atoms with Crippen molar-refractivity contribution in [3.63, 3.8) is 0 Å². The van der Waals surface area contributed by atoms with Gasteiger partial charge in [0.25, 0.3) is 0 Å². The van der Waals surface area contributed by atoms with Gasteiger partial charge < -0.3 is 10.5 Å². The van der Waals surface area contributed by atoms with Crippen molar-refractivity contribution >= 4 is 5.84 Å². The van der Waals surface area contributed by atoms with E-state index in [1.807, 2.05) is 16.9 Å². The molecule has 0 fully saturated rings. The van der Waals surface area contributed by atoms with Crippen LogP contribution in [0.2, 0.25) is 0 Å². The van der Waals surface area contributed by atoms with Crippen molar-refractivity contribution in [1.82, 2.24) is 14.7 Å². The van der Waals surface area contributed by atoms with Gasteiger partial charge in [-0.2, -0.15) is 5.10 Å². The van der Waals surface area contributed by atoms with Crippen LogP contribution in [0.25, 0.3) is 0 Å². The predicted molar refractivity (Wildman–Crippen MR) is 76.3 cm³/mol. The molecule has 3 N–H and O–H groups in total. The van der Waals surface area contributed by atoms with Gasteiger partial charge in [-0.3, -0.25) is 15.0 Å². The molecule has 0 amide bonds. The normalized spacial score (nSPS) is 11.4. The van der Waals surface area contributed by atoms with Crippen LogP contribution in [0.5, 0.6) is 0 Å². The van der Waals surface area contributed by atoms with E-state index in [0.29, 0.717) is 19.1 Å². The van der Waals surface area contributed by atoms with Crippen molar-refractivity contribution in [2.24, 2.45) is 5.73 Å². The molecule has 0 aliphatic heterocycles. The quantitative estimate of drug-likeness (QED) is 0.521. The first-order valence-electron chi connectivity index (χ1n) is 6.61. The van der Waals surface area contributed by atoms with E-state index in [0.717, 1.165) is 25.3 Å². The minimum atomic E-state index is 0.218. The highest BCUT2D eigenvalue weighted by Gasteiger charge is 2.09. The summed E-state index contributed by atoms with van der Waals surface area (Å²) in [5.41, 5.74) is 6.45. The van der Waals surface area contributed by atoms with Crippen LogP contribution in [0.15, 0.2) is 12.3 Å². The van der Waals surface area contributed by atoms with Gasteiger partial charge in [0.2, 0.25) is 0 Å². The molecule has 0 aliphatic rings. The summed E-state index contributed by atoms with van der Waals surface area (Å²) in [6.07, 6.45) is 2.58. The summed E-state index contributed by atoms with van der Waals surface area (Å²) in [6, 6.07) is 2.41. The molecule has 1 aromatic heterocycles. The molecular formula is C13H25N5O. The van der Waals surface area contributed by atoms with Crippen molar-refractivity contribution in [3.8, 4) is 0 Å². The molecule has 0 saturated carbocycles. The van der Waals surface area contributed by atoms with E-state index in [1.54, 1.807) is 7.11 Å². The highest BCUT2D eigenvalue weighted by molar-refractivity contribution is 5.76. The van der Waals surface area contributed by atoms with Gasteiger partial charge in [-0.05, 0) is 19.9 Å². The molecule has 1 aromatic rings.